The van der Waals surface area contributed by atoms with E-state index in [0.717, 1.165) is 16.3 Å². The van der Waals surface area contributed by atoms with Crippen LogP contribution in [0.4, 0.5) is 5.13 Å². The minimum atomic E-state index is -0.459. The van der Waals surface area contributed by atoms with Crippen molar-refractivity contribution in [2.45, 2.75) is 37.8 Å². The number of hydrogen-bond acceptors (Lipinski definition) is 9. The van der Waals surface area contributed by atoms with E-state index in [9.17, 15) is 14.4 Å². The summed E-state index contributed by atoms with van der Waals surface area (Å²) in [6.07, 6.45) is 0.352. The standard InChI is InChI=1S/C19H24N6O4S2/c1-11-24-25-19(31-11)23-17(28)10-30-18-21-13(8-16(27)22-18)7-15(26)20-9-12-4-3-5-14(6-12)29-2/h3-6,13,18,21H,7-10H2,1-2H3,(H,20,26)(H,22,27)(H,23,25,28). The highest BCUT2D eigenvalue weighted by Gasteiger charge is 2.28. The van der Waals surface area contributed by atoms with Crippen LogP contribution < -0.4 is 26.0 Å². The van der Waals surface area contributed by atoms with Gasteiger partial charge in [-0.3, -0.25) is 25.0 Å². The summed E-state index contributed by atoms with van der Waals surface area (Å²) in [5, 5.41) is 20.4. The van der Waals surface area contributed by atoms with Gasteiger partial charge in [-0.2, -0.15) is 0 Å². The van der Waals surface area contributed by atoms with Gasteiger partial charge in [-0.25, -0.2) is 0 Å². The fourth-order valence-electron chi connectivity index (χ4n) is 2.90. The maximum Gasteiger partial charge on any atom is 0.236 e. The molecule has 1 aliphatic heterocycles. The first-order valence-electron chi connectivity index (χ1n) is 9.58. The molecule has 2 aromatic rings. The number of aryl methyl sites for hydroxylation is 1. The van der Waals surface area contributed by atoms with Gasteiger partial charge in [0.2, 0.25) is 22.9 Å². The summed E-state index contributed by atoms with van der Waals surface area (Å²) in [6.45, 7) is 2.18. The molecule has 1 aromatic heterocycles. The van der Waals surface area contributed by atoms with Crippen molar-refractivity contribution < 1.29 is 19.1 Å². The molecule has 2 heterocycles. The van der Waals surface area contributed by atoms with Crippen LogP contribution in [0.5, 0.6) is 5.75 Å². The Kier molecular flexibility index (Phi) is 8.20. The fraction of sp³-hybridized carbons (Fsp3) is 0.421. The molecular weight excluding hydrogens is 440 g/mol. The van der Waals surface area contributed by atoms with Crippen molar-refractivity contribution in [3.05, 3.63) is 34.8 Å². The largest absolute Gasteiger partial charge is 0.497 e. The molecule has 166 valence electrons. The van der Waals surface area contributed by atoms with Gasteiger partial charge in [0.15, 0.2) is 0 Å². The van der Waals surface area contributed by atoms with Crippen LogP contribution in [0.2, 0.25) is 0 Å². The van der Waals surface area contributed by atoms with Crippen molar-refractivity contribution in [1.82, 2.24) is 26.1 Å². The van der Waals surface area contributed by atoms with Crippen LogP contribution in [0.1, 0.15) is 23.4 Å². The number of ether oxygens (including phenoxy) is 1. The van der Waals surface area contributed by atoms with E-state index < -0.39 is 5.50 Å². The summed E-state index contributed by atoms with van der Waals surface area (Å²) in [7, 11) is 1.59. The summed E-state index contributed by atoms with van der Waals surface area (Å²) in [6, 6.07) is 7.13. The van der Waals surface area contributed by atoms with Gasteiger partial charge < -0.3 is 15.4 Å². The molecule has 0 spiro atoms. The van der Waals surface area contributed by atoms with Gasteiger partial charge in [0.25, 0.3) is 0 Å². The number of carbonyl (C=O) groups excluding carboxylic acids is 3. The molecule has 2 unspecified atom stereocenters. The Labute approximate surface area is 187 Å². The third kappa shape index (κ3) is 7.49. The zero-order chi connectivity index (χ0) is 22.2. The third-order valence-electron chi connectivity index (χ3n) is 4.32. The number of nitrogens with one attached hydrogen (secondary N) is 4. The van der Waals surface area contributed by atoms with E-state index in [1.165, 1.54) is 23.1 Å². The molecule has 12 heteroatoms. The van der Waals surface area contributed by atoms with Crippen molar-refractivity contribution in [3.8, 4) is 5.75 Å². The van der Waals surface area contributed by atoms with Gasteiger partial charge in [-0.1, -0.05) is 23.5 Å². The second-order valence-corrected chi connectivity index (χ2v) is 9.11. The van der Waals surface area contributed by atoms with E-state index in [4.69, 9.17) is 4.74 Å². The van der Waals surface area contributed by atoms with Crippen LogP contribution >= 0.6 is 23.1 Å². The average Bonchev–Trinajstić information content (AvgIpc) is 3.15. The molecule has 0 radical (unpaired) electrons. The van der Waals surface area contributed by atoms with Crippen molar-refractivity contribution >= 4 is 46.0 Å². The van der Waals surface area contributed by atoms with Crippen molar-refractivity contribution in [2.75, 3.05) is 18.2 Å². The molecule has 10 nitrogen and oxygen atoms in total. The smallest absolute Gasteiger partial charge is 0.236 e. The predicted molar refractivity (Wildman–Crippen MR) is 119 cm³/mol. The molecule has 0 saturated carbocycles. The number of amides is 3. The van der Waals surface area contributed by atoms with Gasteiger partial charge in [-0.05, 0) is 24.6 Å². The highest BCUT2D eigenvalue weighted by Crippen LogP contribution is 2.17. The van der Waals surface area contributed by atoms with Crippen LogP contribution in [-0.2, 0) is 20.9 Å². The lowest BCUT2D eigenvalue weighted by molar-refractivity contribution is -0.125. The molecule has 1 aliphatic rings. The molecule has 31 heavy (non-hydrogen) atoms. The molecule has 3 amide bonds. The maximum atomic E-state index is 12.3. The number of benzene rings is 1. The topological polar surface area (TPSA) is 134 Å². The highest BCUT2D eigenvalue weighted by molar-refractivity contribution is 8.00. The van der Waals surface area contributed by atoms with Gasteiger partial charge >= 0.3 is 0 Å². The Morgan fingerprint density at radius 3 is 2.90 bits per heavy atom. The molecule has 4 N–H and O–H groups in total. The number of rotatable bonds is 9. The Bertz CT molecular complexity index is 938. The summed E-state index contributed by atoms with van der Waals surface area (Å²) in [4.78, 5) is 36.4. The number of aromatic nitrogens is 2. The molecular formula is C19H24N6O4S2. The van der Waals surface area contributed by atoms with Gasteiger partial charge in [0.1, 0.15) is 16.3 Å². The van der Waals surface area contributed by atoms with E-state index in [0.29, 0.717) is 11.7 Å². The van der Waals surface area contributed by atoms with E-state index >= 15 is 0 Å². The molecule has 0 bridgehead atoms. The van der Waals surface area contributed by atoms with Crippen LogP contribution in [-0.4, -0.2) is 52.3 Å². The Hall–Kier alpha value is -2.70. The number of nitrogens with zero attached hydrogens (tertiary/aromatic N) is 2. The molecule has 1 fully saturated rings. The van der Waals surface area contributed by atoms with Crippen LogP contribution in [0.3, 0.4) is 0 Å². The molecule has 3 rings (SSSR count). The van der Waals surface area contributed by atoms with Crippen LogP contribution in [0.15, 0.2) is 24.3 Å². The number of methoxy groups -OCH3 is 1. The quantitative estimate of drug-likeness (QED) is 0.432. The van der Waals surface area contributed by atoms with Gasteiger partial charge in [-0.15, -0.1) is 22.0 Å². The lowest BCUT2D eigenvalue weighted by Crippen LogP contribution is -2.56. The van der Waals surface area contributed by atoms with Crippen molar-refractivity contribution in [3.63, 3.8) is 0 Å². The van der Waals surface area contributed by atoms with Crippen LogP contribution in [0.25, 0.3) is 0 Å². The first-order chi connectivity index (χ1) is 14.9. The number of anilines is 1. The Morgan fingerprint density at radius 1 is 1.32 bits per heavy atom. The lowest BCUT2D eigenvalue weighted by atomic mass is 10.1. The van der Waals surface area contributed by atoms with Crippen LogP contribution in [0, 0.1) is 6.92 Å². The normalized spacial score (nSPS) is 18.2. The van der Waals surface area contributed by atoms with Gasteiger partial charge in [0.05, 0.1) is 12.9 Å². The highest BCUT2D eigenvalue weighted by atomic mass is 32.2. The number of hydrogen-bond donors (Lipinski definition) is 4. The summed E-state index contributed by atoms with van der Waals surface area (Å²) in [5.74, 6) is 0.272. The van der Waals surface area contributed by atoms with Crippen molar-refractivity contribution in [1.29, 1.82) is 0 Å². The summed E-state index contributed by atoms with van der Waals surface area (Å²) in [5.41, 5.74) is 0.464. The van der Waals surface area contributed by atoms with E-state index in [-0.39, 0.29) is 42.4 Å². The number of carbonyl (C=O) groups is 3. The van der Waals surface area contributed by atoms with E-state index in [1.54, 1.807) is 14.0 Å². The zero-order valence-electron chi connectivity index (χ0n) is 17.1. The number of thioether (sulfide) groups is 1. The Balaban J connectivity index is 1.42. The first kappa shape index (κ1) is 23.0. The van der Waals surface area contributed by atoms with Gasteiger partial charge in [0, 0.05) is 25.4 Å². The Morgan fingerprint density at radius 2 is 2.16 bits per heavy atom. The minimum absolute atomic E-state index is 0.116. The minimum Gasteiger partial charge on any atom is -0.497 e. The molecule has 2 atom stereocenters. The first-order valence-corrected chi connectivity index (χ1v) is 11.4. The third-order valence-corrected chi connectivity index (χ3v) is 6.09. The summed E-state index contributed by atoms with van der Waals surface area (Å²) < 4.78 is 5.18. The fourth-order valence-corrected chi connectivity index (χ4v) is 4.41. The van der Waals surface area contributed by atoms with E-state index in [2.05, 4.69) is 31.5 Å². The zero-order valence-corrected chi connectivity index (χ0v) is 18.8. The van der Waals surface area contributed by atoms with E-state index in [1.807, 2.05) is 24.3 Å². The van der Waals surface area contributed by atoms with Crippen molar-refractivity contribution in [2.24, 2.45) is 0 Å². The monoisotopic (exact) mass is 464 g/mol. The average molecular weight is 465 g/mol. The SMILES string of the molecule is COc1cccc(CNC(=O)CC2CC(=O)NC(SCC(=O)Nc3nnc(C)s3)N2)c1. The lowest BCUT2D eigenvalue weighted by Gasteiger charge is -2.30. The second-order valence-electron chi connectivity index (χ2n) is 6.83. The summed E-state index contributed by atoms with van der Waals surface area (Å²) >= 11 is 2.53. The predicted octanol–water partition coefficient (Wildman–Crippen LogP) is 0.995. The maximum absolute atomic E-state index is 12.3. The molecule has 1 saturated heterocycles. The molecule has 1 aromatic carbocycles. The molecule has 0 aliphatic carbocycles. The second kappa shape index (κ2) is 11.1.